The Morgan fingerprint density at radius 1 is 1.19 bits per heavy atom. The Labute approximate surface area is 158 Å². The summed E-state index contributed by atoms with van der Waals surface area (Å²) in [7, 11) is 0. The molecule has 8 nitrogen and oxygen atoms in total. The molecule has 2 aromatic heterocycles. The van der Waals surface area contributed by atoms with Gasteiger partial charge < -0.3 is 19.9 Å². The number of nitrogens with one attached hydrogen (secondary N) is 1. The number of carbonyl (C=O) groups excluding carboxylic acids is 1. The van der Waals surface area contributed by atoms with Crippen LogP contribution in [0.3, 0.4) is 0 Å². The van der Waals surface area contributed by atoms with Gasteiger partial charge in [0.15, 0.2) is 0 Å². The summed E-state index contributed by atoms with van der Waals surface area (Å²) in [5.41, 5.74) is 2.42. The smallest absolute Gasteiger partial charge is 0.322 e. The van der Waals surface area contributed by atoms with E-state index in [9.17, 15) is 4.79 Å². The number of urea groups is 1. The summed E-state index contributed by atoms with van der Waals surface area (Å²) in [5.74, 6) is 0.751. The summed E-state index contributed by atoms with van der Waals surface area (Å²) in [4.78, 5) is 29.8. The Kier molecular flexibility index (Phi) is 5.15. The number of morpholine rings is 1. The first-order chi connectivity index (χ1) is 13.2. The van der Waals surface area contributed by atoms with Crippen LogP contribution in [0, 0.1) is 6.92 Å². The van der Waals surface area contributed by atoms with E-state index >= 15 is 0 Å². The zero-order chi connectivity index (χ0) is 18.6. The molecule has 0 aliphatic carbocycles. The lowest BCUT2D eigenvalue weighted by atomic mass is 10.2. The number of hydrogen-bond donors (Lipinski definition) is 1. The maximum absolute atomic E-state index is 12.6. The van der Waals surface area contributed by atoms with Gasteiger partial charge in [0.2, 0.25) is 5.95 Å². The van der Waals surface area contributed by atoms with Crippen LogP contribution in [-0.2, 0) is 4.74 Å². The molecule has 4 rings (SSSR count). The predicted octanol–water partition coefficient (Wildman–Crippen LogP) is 2.39. The Hall–Kier alpha value is -2.74. The van der Waals surface area contributed by atoms with Gasteiger partial charge in [0.05, 0.1) is 30.7 Å². The average Bonchev–Trinajstić information content (AvgIpc) is 3.25. The van der Waals surface area contributed by atoms with Crippen LogP contribution in [0.15, 0.2) is 30.6 Å². The number of aryl methyl sites for hydroxylation is 1. The molecule has 0 bridgehead atoms. The first-order valence-corrected chi connectivity index (χ1v) is 9.37. The lowest BCUT2D eigenvalue weighted by molar-refractivity contribution is -0.0157. The van der Waals surface area contributed by atoms with Crippen molar-refractivity contribution >= 4 is 17.7 Å². The number of nitrogens with zero attached hydrogens (tertiary/aromatic N) is 5. The summed E-state index contributed by atoms with van der Waals surface area (Å²) in [6.45, 7) is 5.39. The molecule has 27 heavy (non-hydrogen) atoms. The Morgan fingerprint density at radius 2 is 2.04 bits per heavy atom. The lowest BCUT2D eigenvalue weighted by Crippen LogP contribution is -2.44. The summed E-state index contributed by atoms with van der Waals surface area (Å²) in [5, 5.41) is 2.89. The van der Waals surface area contributed by atoms with E-state index in [1.165, 1.54) is 12.8 Å². The molecule has 1 N–H and O–H groups in total. The minimum absolute atomic E-state index is 0.150. The fourth-order valence-electron chi connectivity index (χ4n) is 3.37. The van der Waals surface area contributed by atoms with Gasteiger partial charge in [-0.2, -0.15) is 0 Å². The zero-order valence-corrected chi connectivity index (χ0v) is 15.5. The van der Waals surface area contributed by atoms with Crippen molar-refractivity contribution in [3.8, 4) is 0 Å². The van der Waals surface area contributed by atoms with Gasteiger partial charge in [-0.05, 0) is 38.0 Å². The van der Waals surface area contributed by atoms with Gasteiger partial charge in [-0.1, -0.05) is 0 Å². The van der Waals surface area contributed by atoms with Crippen LogP contribution in [0.4, 0.5) is 16.4 Å². The van der Waals surface area contributed by atoms with Crippen molar-refractivity contribution < 1.29 is 9.53 Å². The number of pyridine rings is 1. The number of carbonyl (C=O) groups is 1. The number of ether oxygens (including phenoxy) is 1. The molecule has 0 saturated carbocycles. The van der Waals surface area contributed by atoms with Crippen molar-refractivity contribution in [1.82, 2.24) is 19.9 Å². The SMILES string of the molecule is Cc1ccc(NC(=O)N2CCOC(c3ccnc(N4CCCC4)n3)C2)cn1. The van der Waals surface area contributed by atoms with E-state index in [0.29, 0.717) is 25.4 Å². The molecule has 4 heterocycles. The average molecular weight is 368 g/mol. The molecule has 2 aromatic rings. The number of aromatic nitrogens is 3. The third kappa shape index (κ3) is 4.16. The van der Waals surface area contributed by atoms with Crippen molar-refractivity contribution in [2.75, 3.05) is 43.0 Å². The van der Waals surface area contributed by atoms with E-state index in [1.54, 1.807) is 17.3 Å². The van der Waals surface area contributed by atoms with Crippen LogP contribution in [-0.4, -0.2) is 58.7 Å². The summed E-state index contributed by atoms with van der Waals surface area (Å²) in [6.07, 6.45) is 5.55. The Bertz CT molecular complexity index is 791. The van der Waals surface area contributed by atoms with Gasteiger partial charge in [0.25, 0.3) is 0 Å². The number of anilines is 2. The minimum atomic E-state index is -0.245. The Morgan fingerprint density at radius 3 is 2.81 bits per heavy atom. The van der Waals surface area contributed by atoms with Crippen molar-refractivity contribution in [3.05, 3.63) is 42.0 Å². The van der Waals surface area contributed by atoms with Crippen molar-refractivity contribution in [2.24, 2.45) is 0 Å². The van der Waals surface area contributed by atoms with E-state index in [0.717, 1.165) is 30.4 Å². The van der Waals surface area contributed by atoms with Crippen LogP contribution >= 0.6 is 0 Å². The highest BCUT2D eigenvalue weighted by atomic mass is 16.5. The zero-order valence-electron chi connectivity index (χ0n) is 15.5. The van der Waals surface area contributed by atoms with E-state index in [-0.39, 0.29) is 12.1 Å². The van der Waals surface area contributed by atoms with Gasteiger partial charge in [0, 0.05) is 31.5 Å². The predicted molar refractivity (Wildman–Crippen MR) is 102 cm³/mol. The number of rotatable bonds is 3. The molecule has 0 spiro atoms. The van der Waals surface area contributed by atoms with E-state index in [1.807, 2.05) is 25.1 Å². The first kappa shape index (κ1) is 17.7. The molecule has 2 aliphatic rings. The van der Waals surface area contributed by atoms with Crippen molar-refractivity contribution in [1.29, 1.82) is 0 Å². The first-order valence-electron chi connectivity index (χ1n) is 9.37. The quantitative estimate of drug-likeness (QED) is 0.896. The topological polar surface area (TPSA) is 83.5 Å². The lowest BCUT2D eigenvalue weighted by Gasteiger charge is -2.32. The van der Waals surface area contributed by atoms with Gasteiger partial charge >= 0.3 is 6.03 Å². The molecular weight excluding hydrogens is 344 g/mol. The van der Waals surface area contributed by atoms with Crippen LogP contribution in [0.25, 0.3) is 0 Å². The summed E-state index contributed by atoms with van der Waals surface area (Å²) < 4.78 is 5.89. The maximum Gasteiger partial charge on any atom is 0.322 e. The Balaban J connectivity index is 1.42. The second kappa shape index (κ2) is 7.87. The molecule has 2 amide bonds. The number of amides is 2. The number of hydrogen-bond acceptors (Lipinski definition) is 6. The van der Waals surface area contributed by atoms with Crippen LogP contribution < -0.4 is 10.2 Å². The second-order valence-corrected chi connectivity index (χ2v) is 6.90. The van der Waals surface area contributed by atoms with E-state index < -0.39 is 0 Å². The van der Waals surface area contributed by atoms with Gasteiger partial charge in [-0.15, -0.1) is 0 Å². The van der Waals surface area contributed by atoms with Crippen LogP contribution in [0.2, 0.25) is 0 Å². The maximum atomic E-state index is 12.6. The van der Waals surface area contributed by atoms with Crippen molar-refractivity contribution in [3.63, 3.8) is 0 Å². The summed E-state index contributed by atoms with van der Waals surface area (Å²) >= 11 is 0. The van der Waals surface area contributed by atoms with Crippen LogP contribution in [0.5, 0.6) is 0 Å². The molecule has 8 heteroatoms. The normalized spacial score (nSPS) is 20.0. The third-order valence-corrected chi connectivity index (χ3v) is 4.90. The molecule has 2 aliphatic heterocycles. The second-order valence-electron chi connectivity index (χ2n) is 6.90. The molecule has 0 radical (unpaired) electrons. The monoisotopic (exact) mass is 368 g/mol. The van der Waals surface area contributed by atoms with E-state index in [4.69, 9.17) is 4.74 Å². The molecule has 1 atom stereocenters. The van der Waals surface area contributed by atoms with Crippen LogP contribution in [0.1, 0.15) is 30.3 Å². The van der Waals surface area contributed by atoms with Crippen molar-refractivity contribution in [2.45, 2.75) is 25.9 Å². The highest BCUT2D eigenvalue weighted by Gasteiger charge is 2.27. The summed E-state index contributed by atoms with van der Waals surface area (Å²) in [6, 6.07) is 5.45. The third-order valence-electron chi connectivity index (χ3n) is 4.90. The molecule has 2 fully saturated rings. The standard InChI is InChI=1S/C19H24N6O2/c1-14-4-5-15(12-21-14)22-19(26)25-10-11-27-17(13-25)16-6-7-20-18(23-16)24-8-2-3-9-24/h4-7,12,17H,2-3,8-11,13H2,1H3,(H,22,26). The van der Waals surface area contributed by atoms with Gasteiger partial charge in [-0.25, -0.2) is 14.8 Å². The molecule has 2 saturated heterocycles. The largest absolute Gasteiger partial charge is 0.368 e. The van der Waals surface area contributed by atoms with E-state index in [2.05, 4.69) is 25.2 Å². The molecule has 142 valence electrons. The molecule has 0 aromatic carbocycles. The van der Waals surface area contributed by atoms with Gasteiger partial charge in [0.1, 0.15) is 6.10 Å². The molecule has 1 unspecified atom stereocenters. The molecular formula is C19H24N6O2. The highest BCUT2D eigenvalue weighted by molar-refractivity contribution is 5.89. The fraction of sp³-hybridized carbons (Fsp3) is 0.474. The fourth-order valence-corrected chi connectivity index (χ4v) is 3.37. The highest BCUT2D eigenvalue weighted by Crippen LogP contribution is 2.23. The van der Waals surface area contributed by atoms with Gasteiger partial charge in [-0.3, -0.25) is 4.98 Å². The minimum Gasteiger partial charge on any atom is -0.368 e.